The molecule has 1 aliphatic rings. The molecule has 0 aromatic carbocycles. The first-order chi connectivity index (χ1) is 9.17. The van der Waals surface area contributed by atoms with Gasteiger partial charge in [-0.3, -0.25) is 4.99 Å². The summed E-state index contributed by atoms with van der Waals surface area (Å²) < 4.78 is 0. The molecule has 7 heteroatoms. The molecule has 2 N–H and O–H groups in total. The zero-order chi connectivity index (χ0) is 13.7. The Morgan fingerprint density at radius 2 is 2.35 bits per heavy atom. The van der Waals surface area contributed by atoms with E-state index in [2.05, 4.69) is 39.5 Å². The number of hydrogen-bond donors (Lipinski definition) is 2. The normalized spacial score (nSPS) is 19.8. The van der Waals surface area contributed by atoms with Gasteiger partial charge in [0.1, 0.15) is 5.01 Å². The number of nitrogens with one attached hydrogen (secondary N) is 2. The largest absolute Gasteiger partial charge is 0.356 e. The lowest BCUT2D eigenvalue weighted by atomic mass is 10.1. The summed E-state index contributed by atoms with van der Waals surface area (Å²) in [4.78, 5) is 12.2. The Morgan fingerprint density at radius 1 is 1.55 bits per heavy atom. The maximum absolute atomic E-state index is 4.34. The third kappa shape index (κ3) is 5.53. The van der Waals surface area contributed by atoms with E-state index in [0.717, 1.165) is 30.0 Å². The molecule has 1 atom stereocenters. The Kier molecular flexibility index (Phi) is 7.75. The van der Waals surface area contributed by atoms with Gasteiger partial charge in [-0.25, -0.2) is 4.98 Å². The van der Waals surface area contributed by atoms with Crippen LogP contribution in [0.25, 0.3) is 0 Å². The summed E-state index contributed by atoms with van der Waals surface area (Å²) in [7, 11) is 3.99. The van der Waals surface area contributed by atoms with Crippen LogP contribution < -0.4 is 10.6 Å². The molecule has 20 heavy (non-hydrogen) atoms. The minimum atomic E-state index is 0. The van der Waals surface area contributed by atoms with Gasteiger partial charge >= 0.3 is 0 Å². The zero-order valence-corrected chi connectivity index (χ0v) is 15.5. The molecule has 0 amide bonds. The first-order valence-electron chi connectivity index (χ1n) is 6.71. The molecule has 1 saturated heterocycles. The van der Waals surface area contributed by atoms with Crippen molar-refractivity contribution in [3.8, 4) is 0 Å². The average molecular weight is 409 g/mol. The van der Waals surface area contributed by atoms with Gasteiger partial charge in [0.2, 0.25) is 0 Å². The van der Waals surface area contributed by atoms with Crippen LogP contribution in [-0.4, -0.2) is 49.6 Å². The summed E-state index contributed by atoms with van der Waals surface area (Å²) in [6.07, 6.45) is 3.18. The minimum absolute atomic E-state index is 0. The Bertz CT molecular complexity index is 434. The quantitative estimate of drug-likeness (QED) is 0.452. The van der Waals surface area contributed by atoms with E-state index in [1.165, 1.54) is 24.4 Å². The van der Waals surface area contributed by atoms with Crippen LogP contribution in [0.15, 0.2) is 11.2 Å². The van der Waals surface area contributed by atoms with Gasteiger partial charge in [0, 0.05) is 31.2 Å². The summed E-state index contributed by atoms with van der Waals surface area (Å²) in [6.45, 7) is 6.18. The van der Waals surface area contributed by atoms with Crippen LogP contribution in [0.3, 0.4) is 0 Å². The Labute approximate surface area is 142 Å². The van der Waals surface area contributed by atoms with E-state index in [-0.39, 0.29) is 24.0 Å². The first kappa shape index (κ1) is 17.6. The average Bonchev–Trinajstić information content (AvgIpc) is 2.99. The van der Waals surface area contributed by atoms with Gasteiger partial charge in [0.15, 0.2) is 5.96 Å². The molecule has 0 radical (unpaired) electrons. The van der Waals surface area contributed by atoms with E-state index in [0.29, 0.717) is 0 Å². The fourth-order valence-electron chi connectivity index (χ4n) is 2.30. The molecule has 1 unspecified atom stereocenters. The van der Waals surface area contributed by atoms with Crippen molar-refractivity contribution in [3.63, 3.8) is 0 Å². The second-order valence-electron chi connectivity index (χ2n) is 5.09. The number of aryl methyl sites for hydroxylation is 1. The monoisotopic (exact) mass is 409 g/mol. The van der Waals surface area contributed by atoms with Gasteiger partial charge < -0.3 is 15.5 Å². The fourth-order valence-corrected chi connectivity index (χ4v) is 3.02. The molecule has 0 spiro atoms. The van der Waals surface area contributed by atoms with E-state index in [4.69, 9.17) is 0 Å². The summed E-state index contributed by atoms with van der Waals surface area (Å²) in [5.41, 5.74) is 0. The molecule has 0 saturated carbocycles. The highest BCUT2D eigenvalue weighted by atomic mass is 127. The third-order valence-corrected chi connectivity index (χ3v) is 4.26. The van der Waals surface area contributed by atoms with Crippen molar-refractivity contribution in [1.29, 1.82) is 0 Å². The molecule has 1 fully saturated rings. The van der Waals surface area contributed by atoms with Crippen molar-refractivity contribution in [3.05, 3.63) is 16.1 Å². The second kappa shape index (κ2) is 8.78. The van der Waals surface area contributed by atoms with Crippen molar-refractivity contribution < 1.29 is 0 Å². The van der Waals surface area contributed by atoms with Gasteiger partial charge in [0.25, 0.3) is 0 Å². The van der Waals surface area contributed by atoms with Crippen molar-refractivity contribution in [1.82, 2.24) is 20.5 Å². The summed E-state index contributed by atoms with van der Waals surface area (Å²) in [5.74, 6) is 1.59. The standard InChI is InChI=1S/C13H23N5S.HI/c1-10-6-15-12(19-10)8-17-13(14-2)16-7-11-4-5-18(3)9-11;/h6,11H,4-5,7-9H2,1-3H3,(H2,14,16,17);1H. The lowest BCUT2D eigenvalue weighted by Crippen LogP contribution is -2.39. The van der Waals surface area contributed by atoms with Gasteiger partial charge in [-0.1, -0.05) is 0 Å². The predicted molar refractivity (Wildman–Crippen MR) is 96.1 cm³/mol. The Morgan fingerprint density at radius 3 is 2.90 bits per heavy atom. The molecule has 2 heterocycles. The van der Waals surface area contributed by atoms with Crippen LogP contribution in [0.5, 0.6) is 0 Å². The number of guanidine groups is 1. The highest BCUT2D eigenvalue weighted by Gasteiger charge is 2.19. The molecule has 2 rings (SSSR count). The van der Waals surface area contributed by atoms with Crippen LogP contribution in [0.4, 0.5) is 0 Å². The maximum Gasteiger partial charge on any atom is 0.191 e. The van der Waals surface area contributed by atoms with Gasteiger partial charge in [-0.15, -0.1) is 35.3 Å². The van der Waals surface area contributed by atoms with Crippen LogP contribution >= 0.6 is 35.3 Å². The number of rotatable bonds is 4. The smallest absolute Gasteiger partial charge is 0.191 e. The van der Waals surface area contributed by atoms with Gasteiger partial charge in [0.05, 0.1) is 6.54 Å². The van der Waals surface area contributed by atoms with E-state index >= 15 is 0 Å². The lowest BCUT2D eigenvalue weighted by molar-refractivity contribution is 0.394. The van der Waals surface area contributed by atoms with Gasteiger partial charge in [-0.05, 0) is 32.9 Å². The zero-order valence-electron chi connectivity index (χ0n) is 12.3. The van der Waals surface area contributed by atoms with Crippen molar-refractivity contribution in [2.24, 2.45) is 10.9 Å². The van der Waals surface area contributed by atoms with E-state index < -0.39 is 0 Å². The van der Waals surface area contributed by atoms with E-state index in [1.807, 2.05) is 13.2 Å². The summed E-state index contributed by atoms with van der Waals surface area (Å²) in [5, 5.41) is 7.80. The molecule has 5 nitrogen and oxygen atoms in total. The molecular formula is C13H24IN5S. The third-order valence-electron chi connectivity index (χ3n) is 3.35. The molecule has 0 bridgehead atoms. The molecule has 0 aliphatic carbocycles. The Hall–Kier alpha value is -0.410. The summed E-state index contributed by atoms with van der Waals surface area (Å²) in [6, 6.07) is 0. The molecule has 114 valence electrons. The highest BCUT2D eigenvalue weighted by molar-refractivity contribution is 14.0. The number of halogens is 1. The highest BCUT2D eigenvalue weighted by Crippen LogP contribution is 2.13. The first-order valence-corrected chi connectivity index (χ1v) is 7.53. The van der Waals surface area contributed by atoms with Gasteiger partial charge in [-0.2, -0.15) is 0 Å². The molecular weight excluding hydrogens is 385 g/mol. The van der Waals surface area contributed by atoms with Crippen molar-refractivity contribution >= 4 is 41.3 Å². The lowest BCUT2D eigenvalue weighted by Gasteiger charge is -2.14. The number of thiazole rings is 1. The van der Waals surface area contributed by atoms with Crippen LogP contribution in [-0.2, 0) is 6.54 Å². The number of nitrogens with zero attached hydrogens (tertiary/aromatic N) is 3. The molecule has 1 aromatic heterocycles. The van der Waals surface area contributed by atoms with Crippen LogP contribution in [0.1, 0.15) is 16.3 Å². The maximum atomic E-state index is 4.34. The fraction of sp³-hybridized carbons (Fsp3) is 0.692. The molecule has 1 aromatic rings. The van der Waals surface area contributed by atoms with Crippen molar-refractivity contribution in [2.45, 2.75) is 19.9 Å². The predicted octanol–water partition coefficient (Wildman–Crippen LogP) is 1.69. The van der Waals surface area contributed by atoms with Crippen LogP contribution in [0, 0.1) is 12.8 Å². The number of hydrogen-bond acceptors (Lipinski definition) is 4. The Balaban J connectivity index is 0.00000200. The molecule has 1 aliphatic heterocycles. The number of aromatic nitrogens is 1. The number of aliphatic imine (C=N–C) groups is 1. The van der Waals surface area contributed by atoms with E-state index in [1.54, 1.807) is 11.3 Å². The van der Waals surface area contributed by atoms with E-state index in [9.17, 15) is 0 Å². The SMILES string of the molecule is CN=C(NCc1ncc(C)s1)NCC1CCN(C)C1.I. The minimum Gasteiger partial charge on any atom is -0.356 e. The topological polar surface area (TPSA) is 52.6 Å². The number of likely N-dealkylation sites (tertiary alicyclic amines) is 1. The second-order valence-corrected chi connectivity index (χ2v) is 6.41. The summed E-state index contributed by atoms with van der Waals surface area (Å²) >= 11 is 1.72. The van der Waals surface area contributed by atoms with Crippen molar-refractivity contribution in [2.75, 3.05) is 33.7 Å². The van der Waals surface area contributed by atoms with Crippen LogP contribution in [0.2, 0.25) is 0 Å².